The van der Waals surface area contributed by atoms with Crippen LogP contribution in [0.25, 0.3) is 0 Å². The molecule has 1 aliphatic rings. The van der Waals surface area contributed by atoms with E-state index in [0.717, 1.165) is 5.56 Å². The number of rotatable bonds is 7. The molecule has 0 spiro atoms. The molecule has 0 atom stereocenters. The van der Waals surface area contributed by atoms with E-state index in [0.29, 0.717) is 47.6 Å². The van der Waals surface area contributed by atoms with Crippen molar-refractivity contribution in [2.45, 2.75) is 19.4 Å². The lowest BCUT2D eigenvalue weighted by Crippen LogP contribution is -2.24. The van der Waals surface area contributed by atoms with Gasteiger partial charge in [-0.3, -0.25) is 9.59 Å². The molecule has 0 radical (unpaired) electrons. The van der Waals surface area contributed by atoms with Crippen LogP contribution < -0.4 is 14.8 Å². The first-order chi connectivity index (χ1) is 12.6. The smallest absolute Gasteiger partial charge is 0.306 e. The zero-order valence-electron chi connectivity index (χ0n) is 14.0. The summed E-state index contributed by atoms with van der Waals surface area (Å²) in [5.41, 5.74) is 0.735. The Kier molecular flexibility index (Phi) is 6.35. The van der Waals surface area contributed by atoms with Gasteiger partial charge in [0.25, 0.3) is 5.91 Å². The van der Waals surface area contributed by atoms with Gasteiger partial charge in [-0.05, 0) is 35.6 Å². The molecule has 6 nitrogen and oxygen atoms in total. The number of halogens is 1. The highest BCUT2D eigenvalue weighted by molar-refractivity contribution is 7.12. The molecule has 0 fully saturated rings. The van der Waals surface area contributed by atoms with Gasteiger partial charge in [0.2, 0.25) is 0 Å². The maximum atomic E-state index is 11.8. The van der Waals surface area contributed by atoms with Crippen LogP contribution in [0, 0.1) is 0 Å². The average Bonchev–Trinajstić information content (AvgIpc) is 3.18. The van der Waals surface area contributed by atoms with E-state index in [-0.39, 0.29) is 24.9 Å². The molecule has 3 rings (SSSR count). The molecule has 0 aliphatic carbocycles. The summed E-state index contributed by atoms with van der Waals surface area (Å²) in [6.45, 7) is 1.45. The van der Waals surface area contributed by atoms with Crippen molar-refractivity contribution in [3.63, 3.8) is 0 Å². The van der Waals surface area contributed by atoms with Crippen LogP contribution in [-0.2, 0) is 16.1 Å². The molecular formula is C18H18ClNO5S. The first-order valence-electron chi connectivity index (χ1n) is 8.19. The van der Waals surface area contributed by atoms with E-state index in [1.165, 1.54) is 11.3 Å². The number of thiophene rings is 1. The van der Waals surface area contributed by atoms with Crippen molar-refractivity contribution in [2.75, 3.05) is 19.8 Å². The SMILES string of the molecule is O=C(CCCNC(=O)c1cccs1)OCc1cc(Cl)c2c(c1)OCCO2. The molecule has 1 aliphatic heterocycles. The quantitative estimate of drug-likeness (QED) is 0.574. The minimum Gasteiger partial charge on any atom is -0.486 e. The molecule has 1 N–H and O–H groups in total. The summed E-state index contributed by atoms with van der Waals surface area (Å²) in [5, 5.41) is 5.05. The number of amides is 1. The van der Waals surface area contributed by atoms with Crippen molar-refractivity contribution >= 4 is 34.8 Å². The fraction of sp³-hybridized carbons (Fsp3) is 0.333. The monoisotopic (exact) mass is 395 g/mol. The van der Waals surface area contributed by atoms with Crippen LogP contribution in [0.15, 0.2) is 29.6 Å². The highest BCUT2D eigenvalue weighted by Crippen LogP contribution is 2.38. The summed E-state index contributed by atoms with van der Waals surface area (Å²) < 4.78 is 16.2. The van der Waals surface area contributed by atoms with Crippen LogP contribution in [0.5, 0.6) is 11.5 Å². The van der Waals surface area contributed by atoms with Gasteiger partial charge in [0, 0.05) is 13.0 Å². The molecule has 2 heterocycles. The van der Waals surface area contributed by atoms with Crippen molar-refractivity contribution in [1.29, 1.82) is 0 Å². The molecule has 2 aromatic rings. The highest BCUT2D eigenvalue weighted by atomic mass is 35.5. The Hall–Kier alpha value is -2.25. The molecule has 1 aromatic carbocycles. The minimum atomic E-state index is -0.332. The molecule has 138 valence electrons. The Bertz CT molecular complexity index is 778. The number of hydrogen-bond acceptors (Lipinski definition) is 6. The second-order valence-corrected chi connectivity index (χ2v) is 6.95. The topological polar surface area (TPSA) is 73.9 Å². The molecule has 0 saturated heterocycles. The van der Waals surface area contributed by atoms with E-state index in [4.69, 9.17) is 25.8 Å². The number of nitrogens with one attached hydrogen (secondary N) is 1. The lowest BCUT2D eigenvalue weighted by Gasteiger charge is -2.20. The third kappa shape index (κ3) is 4.89. The summed E-state index contributed by atoms with van der Waals surface area (Å²) in [5.74, 6) is 0.626. The van der Waals surface area contributed by atoms with E-state index in [9.17, 15) is 9.59 Å². The molecule has 26 heavy (non-hydrogen) atoms. The van der Waals surface area contributed by atoms with Gasteiger partial charge in [-0.25, -0.2) is 0 Å². The molecular weight excluding hydrogens is 378 g/mol. The summed E-state index contributed by atoms with van der Waals surface area (Å²) >= 11 is 7.53. The van der Waals surface area contributed by atoms with E-state index < -0.39 is 0 Å². The number of carbonyl (C=O) groups excluding carboxylic acids is 2. The van der Waals surface area contributed by atoms with Gasteiger partial charge >= 0.3 is 5.97 Å². The average molecular weight is 396 g/mol. The second-order valence-electron chi connectivity index (χ2n) is 5.60. The minimum absolute atomic E-state index is 0.108. The highest BCUT2D eigenvalue weighted by Gasteiger charge is 2.17. The predicted molar refractivity (Wildman–Crippen MR) is 98.1 cm³/mol. The van der Waals surface area contributed by atoms with Gasteiger partial charge in [0.1, 0.15) is 19.8 Å². The summed E-state index contributed by atoms with van der Waals surface area (Å²) in [7, 11) is 0. The Morgan fingerprint density at radius 2 is 2.12 bits per heavy atom. The molecule has 0 bridgehead atoms. The van der Waals surface area contributed by atoms with Gasteiger partial charge in [0.15, 0.2) is 11.5 Å². The van der Waals surface area contributed by atoms with Crippen molar-refractivity contribution < 1.29 is 23.8 Å². The Balaban J connectivity index is 1.39. The van der Waals surface area contributed by atoms with Gasteiger partial charge in [0.05, 0.1) is 9.90 Å². The van der Waals surface area contributed by atoms with E-state index in [1.807, 2.05) is 11.4 Å². The van der Waals surface area contributed by atoms with Crippen LogP contribution in [0.4, 0.5) is 0 Å². The zero-order chi connectivity index (χ0) is 18.4. The van der Waals surface area contributed by atoms with E-state index >= 15 is 0 Å². The number of ether oxygens (including phenoxy) is 3. The van der Waals surface area contributed by atoms with Crippen molar-refractivity contribution in [3.8, 4) is 11.5 Å². The maximum Gasteiger partial charge on any atom is 0.306 e. The van der Waals surface area contributed by atoms with E-state index in [1.54, 1.807) is 18.2 Å². The summed E-state index contributed by atoms with van der Waals surface area (Å²) in [4.78, 5) is 24.3. The molecule has 0 saturated carbocycles. The van der Waals surface area contributed by atoms with Gasteiger partial charge in [-0.2, -0.15) is 0 Å². The number of benzene rings is 1. The zero-order valence-corrected chi connectivity index (χ0v) is 15.5. The fourth-order valence-corrected chi connectivity index (χ4v) is 3.34. The Morgan fingerprint density at radius 3 is 2.92 bits per heavy atom. The maximum absolute atomic E-state index is 11.8. The molecule has 1 amide bonds. The first kappa shape index (κ1) is 18.5. The van der Waals surface area contributed by atoms with Crippen LogP contribution in [-0.4, -0.2) is 31.6 Å². The van der Waals surface area contributed by atoms with Crippen LogP contribution in [0.3, 0.4) is 0 Å². The molecule has 1 aromatic heterocycles. The van der Waals surface area contributed by atoms with Gasteiger partial charge in [-0.15, -0.1) is 11.3 Å². The van der Waals surface area contributed by atoms with Crippen LogP contribution >= 0.6 is 22.9 Å². The van der Waals surface area contributed by atoms with E-state index in [2.05, 4.69) is 5.32 Å². The molecule has 8 heteroatoms. The number of esters is 1. The third-order valence-corrected chi connectivity index (χ3v) is 4.79. The predicted octanol–water partition coefficient (Wildman–Crippen LogP) is 3.43. The lowest BCUT2D eigenvalue weighted by atomic mass is 10.2. The van der Waals surface area contributed by atoms with Gasteiger partial charge in [-0.1, -0.05) is 17.7 Å². The van der Waals surface area contributed by atoms with Crippen LogP contribution in [0.1, 0.15) is 28.1 Å². The van der Waals surface area contributed by atoms with Crippen LogP contribution in [0.2, 0.25) is 5.02 Å². The normalized spacial score (nSPS) is 12.5. The summed E-state index contributed by atoms with van der Waals surface area (Å²) in [6, 6.07) is 7.03. The standard InChI is InChI=1S/C18H18ClNO5S/c19-13-9-12(10-14-17(13)24-7-6-23-14)11-25-16(21)4-1-5-20-18(22)15-3-2-8-26-15/h2-3,8-10H,1,4-7,11H2,(H,20,22). The largest absolute Gasteiger partial charge is 0.486 e. The van der Waals surface area contributed by atoms with Crippen molar-refractivity contribution in [1.82, 2.24) is 5.32 Å². The molecule has 0 unspecified atom stereocenters. The third-order valence-electron chi connectivity index (χ3n) is 3.64. The Morgan fingerprint density at radius 1 is 1.27 bits per heavy atom. The lowest BCUT2D eigenvalue weighted by molar-refractivity contribution is -0.145. The number of hydrogen-bond donors (Lipinski definition) is 1. The Labute approximate surface area is 160 Å². The number of carbonyl (C=O) groups is 2. The van der Waals surface area contributed by atoms with Gasteiger partial charge < -0.3 is 19.5 Å². The second kappa shape index (κ2) is 8.91. The fourth-order valence-electron chi connectivity index (χ4n) is 2.41. The first-order valence-corrected chi connectivity index (χ1v) is 9.44. The van der Waals surface area contributed by atoms with Crippen molar-refractivity contribution in [2.24, 2.45) is 0 Å². The van der Waals surface area contributed by atoms with Crippen molar-refractivity contribution in [3.05, 3.63) is 45.1 Å². The number of fused-ring (bicyclic) bond motifs is 1. The summed E-state index contributed by atoms with van der Waals surface area (Å²) in [6.07, 6.45) is 0.737.